The molecular formula is C20H24N8O. The Kier molecular flexibility index (Phi) is 4.65. The van der Waals surface area contributed by atoms with Gasteiger partial charge in [-0.05, 0) is 38.0 Å². The van der Waals surface area contributed by atoms with Gasteiger partial charge in [0, 0.05) is 30.4 Å². The molecule has 0 spiro atoms. The molecule has 0 atom stereocenters. The van der Waals surface area contributed by atoms with Crippen molar-refractivity contribution in [2.45, 2.75) is 31.4 Å². The molecule has 2 fully saturated rings. The highest BCUT2D eigenvalue weighted by Crippen LogP contribution is 2.40. The second-order valence-corrected chi connectivity index (χ2v) is 7.70. The number of nitrogen functional groups attached to an aromatic ring is 1. The third-order valence-electron chi connectivity index (χ3n) is 5.43. The van der Waals surface area contributed by atoms with Crippen LogP contribution in [0.3, 0.4) is 0 Å². The lowest BCUT2D eigenvalue weighted by Gasteiger charge is -2.43. The van der Waals surface area contributed by atoms with E-state index in [0.717, 1.165) is 25.5 Å². The number of nitrogens with two attached hydrogens (primary N) is 1. The van der Waals surface area contributed by atoms with Crippen LogP contribution in [0.4, 0.5) is 11.5 Å². The van der Waals surface area contributed by atoms with Crippen molar-refractivity contribution in [2.75, 3.05) is 23.7 Å². The highest BCUT2D eigenvalue weighted by molar-refractivity contribution is 6.13. The molecule has 9 heteroatoms. The standard InChI is InChI=1S/C20H24N8O/c1-20(4-5-20)29-14-2-3-16(23)15(6-14)19(24)17-7-18(26-12-25-17)27-8-13(9-27)28(10-21)11-22/h2-3,6-7,10-13,21-22,24H,4-5,8-9,23H2,1H3. The predicted molar refractivity (Wildman–Crippen MR) is 112 cm³/mol. The molecule has 1 aliphatic heterocycles. The summed E-state index contributed by atoms with van der Waals surface area (Å²) in [5.41, 5.74) is 7.80. The summed E-state index contributed by atoms with van der Waals surface area (Å²) in [7, 11) is 0. The number of nitrogens with zero attached hydrogens (tertiary/aromatic N) is 4. The van der Waals surface area contributed by atoms with Gasteiger partial charge in [0.25, 0.3) is 0 Å². The van der Waals surface area contributed by atoms with Crippen molar-refractivity contribution in [2.24, 2.45) is 0 Å². The van der Waals surface area contributed by atoms with Gasteiger partial charge in [0.15, 0.2) is 0 Å². The number of hydrogen-bond acceptors (Lipinski definition) is 8. The second-order valence-electron chi connectivity index (χ2n) is 7.70. The van der Waals surface area contributed by atoms with Crippen LogP contribution in [0.2, 0.25) is 0 Å². The molecule has 4 rings (SSSR count). The third-order valence-corrected chi connectivity index (χ3v) is 5.43. The van der Waals surface area contributed by atoms with E-state index in [9.17, 15) is 0 Å². The fourth-order valence-corrected chi connectivity index (χ4v) is 3.25. The van der Waals surface area contributed by atoms with Crippen molar-refractivity contribution in [3.63, 3.8) is 0 Å². The van der Waals surface area contributed by atoms with Crippen molar-refractivity contribution < 1.29 is 4.74 Å². The number of hydrogen-bond donors (Lipinski definition) is 4. The van der Waals surface area contributed by atoms with E-state index in [1.54, 1.807) is 23.1 Å². The number of benzene rings is 1. The molecule has 0 unspecified atom stereocenters. The van der Waals surface area contributed by atoms with Gasteiger partial charge in [-0.3, -0.25) is 16.2 Å². The average molecular weight is 392 g/mol. The summed E-state index contributed by atoms with van der Waals surface area (Å²) in [6.07, 6.45) is 5.80. The quantitative estimate of drug-likeness (QED) is 0.308. The third kappa shape index (κ3) is 3.75. The molecule has 1 aromatic heterocycles. The lowest BCUT2D eigenvalue weighted by atomic mass is 10.0. The second kappa shape index (κ2) is 7.16. The van der Waals surface area contributed by atoms with Gasteiger partial charge in [-0.1, -0.05) is 0 Å². The fraction of sp³-hybridized carbons (Fsp3) is 0.350. The maximum Gasteiger partial charge on any atom is 0.132 e. The Hall–Kier alpha value is -3.49. The van der Waals surface area contributed by atoms with Gasteiger partial charge in [-0.2, -0.15) is 0 Å². The first-order valence-corrected chi connectivity index (χ1v) is 9.46. The van der Waals surface area contributed by atoms with Crippen LogP contribution in [0.15, 0.2) is 30.6 Å². The van der Waals surface area contributed by atoms with Crippen LogP contribution in [-0.2, 0) is 0 Å². The first kappa shape index (κ1) is 18.9. The molecule has 150 valence electrons. The van der Waals surface area contributed by atoms with E-state index in [0.29, 0.717) is 41.6 Å². The summed E-state index contributed by atoms with van der Waals surface area (Å²) < 4.78 is 6.00. The monoisotopic (exact) mass is 392 g/mol. The molecule has 1 saturated heterocycles. The summed E-state index contributed by atoms with van der Waals surface area (Å²) in [5, 5.41) is 23.3. The lowest BCUT2D eigenvalue weighted by molar-refractivity contribution is 0.200. The zero-order chi connectivity index (χ0) is 20.6. The van der Waals surface area contributed by atoms with E-state index < -0.39 is 0 Å². The zero-order valence-electron chi connectivity index (χ0n) is 16.2. The molecule has 0 bridgehead atoms. The summed E-state index contributed by atoms with van der Waals surface area (Å²) in [5.74, 6) is 1.42. The summed E-state index contributed by atoms with van der Waals surface area (Å²) in [6, 6.07) is 7.24. The first-order chi connectivity index (χ1) is 13.9. The molecule has 1 aromatic carbocycles. The molecule has 0 radical (unpaired) electrons. The SMILES string of the molecule is CC1(Oc2ccc(N)c(C(=N)c3cc(N4CC(N(C=N)C=N)C4)ncn3)c2)CC1. The minimum Gasteiger partial charge on any atom is -0.488 e. The van der Waals surface area contributed by atoms with Crippen molar-refractivity contribution in [1.82, 2.24) is 14.9 Å². The largest absolute Gasteiger partial charge is 0.488 e. The Morgan fingerprint density at radius 3 is 2.62 bits per heavy atom. The highest BCUT2D eigenvalue weighted by atomic mass is 16.5. The zero-order valence-corrected chi connectivity index (χ0v) is 16.2. The van der Waals surface area contributed by atoms with Crippen molar-refractivity contribution >= 4 is 29.9 Å². The average Bonchev–Trinajstić information content (AvgIpc) is 3.42. The molecule has 1 aliphatic carbocycles. The molecule has 2 aliphatic rings. The number of ether oxygens (including phenoxy) is 1. The van der Waals surface area contributed by atoms with Crippen LogP contribution in [0, 0.1) is 16.2 Å². The molecule has 5 N–H and O–H groups in total. The predicted octanol–water partition coefficient (Wildman–Crippen LogP) is 2.11. The van der Waals surface area contributed by atoms with Gasteiger partial charge in [0.1, 0.15) is 23.5 Å². The minimum atomic E-state index is -0.105. The van der Waals surface area contributed by atoms with Crippen LogP contribution < -0.4 is 15.4 Å². The van der Waals surface area contributed by atoms with Crippen molar-refractivity contribution in [3.05, 3.63) is 41.9 Å². The van der Waals surface area contributed by atoms with Crippen LogP contribution >= 0.6 is 0 Å². The summed E-state index contributed by atoms with van der Waals surface area (Å²) in [4.78, 5) is 12.1. The fourth-order valence-electron chi connectivity index (χ4n) is 3.25. The van der Waals surface area contributed by atoms with Gasteiger partial charge < -0.3 is 20.3 Å². The Bertz CT molecular complexity index is 957. The van der Waals surface area contributed by atoms with E-state index >= 15 is 0 Å². The van der Waals surface area contributed by atoms with Gasteiger partial charge in [-0.25, -0.2) is 9.97 Å². The normalized spacial score (nSPS) is 17.2. The Morgan fingerprint density at radius 2 is 1.97 bits per heavy atom. The van der Waals surface area contributed by atoms with Gasteiger partial charge in [0.05, 0.1) is 30.1 Å². The minimum absolute atomic E-state index is 0.0798. The maximum absolute atomic E-state index is 8.62. The van der Waals surface area contributed by atoms with E-state index in [1.165, 1.54) is 6.33 Å². The van der Waals surface area contributed by atoms with Gasteiger partial charge >= 0.3 is 0 Å². The molecule has 2 aromatic rings. The Morgan fingerprint density at radius 1 is 1.24 bits per heavy atom. The molecule has 9 nitrogen and oxygen atoms in total. The van der Waals surface area contributed by atoms with Gasteiger partial charge in [0.2, 0.25) is 0 Å². The van der Waals surface area contributed by atoms with Crippen LogP contribution in [-0.4, -0.2) is 58.0 Å². The van der Waals surface area contributed by atoms with E-state index in [-0.39, 0.29) is 17.4 Å². The highest BCUT2D eigenvalue weighted by Gasteiger charge is 2.40. The summed E-state index contributed by atoms with van der Waals surface area (Å²) in [6.45, 7) is 3.38. The summed E-state index contributed by atoms with van der Waals surface area (Å²) >= 11 is 0. The topological polar surface area (TPSA) is 139 Å². The van der Waals surface area contributed by atoms with Crippen molar-refractivity contribution in [1.29, 1.82) is 16.2 Å². The molecule has 1 saturated carbocycles. The van der Waals surface area contributed by atoms with E-state index in [4.69, 9.17) is 26.7 Å². The number of anilines is 2. The number of rotatable bonds is 8. The van der Waals surface area contributed by atoms with Crippen LogP contribution in [0.25, 0.3) is 0 Å². The first-order valence-electron chi connectivity index (χ1n) is 9.46. The van der Waals surface area contributed by atoms with Gasteiger partial charge in [-0.15, -0.1) is 0 Å². The molecule has 0 amide bonds. The van der Waals surface area contributed by atoms with E-state index in [1.807, 2.05) is 11.0 Å². The molecule has 2 heterocycles. The Labute approximate surface area is 169 Å². The lowest BCUT2D eigenvalue weighted by Crippen LogP contribution is -2.59. The van der Waals surface area contributed by atoms with Crippen LogP contribution in [0.1, 0.15) is 31.0 Å². The Balaban J connectivity index is 1.51. The molecule has 29 heavy (non-hydrogen) atoms. The number of aromatic nitrogens is 2. The van der Waals surface area contributed by atoms with E-state index in [2.05, 4.69) is 16.9 Å². The smallest absolute Gasteiger partial charge is 0.132 e. The van der Waals surface area contributed by atoms with Crippen LogP contribution in [0.5, 0.6) is 5.75 Å². The number of nitrogens with one attached hydrogen (secondary N) is 3. The molecular weight excluding hydrogens is 368 g/mol. The maximum atomic E-state index is 8.62. The van der Waals surface area contributed by atoms with Crippen molar-refractivity contribution in [3.8, 4) is 5.75 Å².